The van der Waals surface area contributed by atoms with Crippen molar-refractivity contribution in [3.63, 3.8) is 0 Å². The zero-order chi connectivity index (χ0) is 22.8. The van der Waals surface area contributed by atoms with Crippen LogP contribution in [0.2, 0.25) is 0 Å². The molecule has 0 bridgehead atoms. The van der Waals surface area contributed by atoms with E-state index in [2.05, 4.69) is 5.16 Å². The Hall–Kier alpha value is -2.75. The van der Waals surface area contributed by atoms with Gasteiger partial charge in [0.15, 0.2) is 14.6 Å². The van der Waals surface area contributed by atoms with E-state index >= 15 is 0 Å². The summed E-state index contributed by atoms with van der Waals surface area (Å²) in [7, 11) is -3.81. The first-order valence-corrected chi connectivity index (χ1v) is 11.7. The Bertz CT molecular complexity index is 1080. The molecule has 0 aliphatic carbocycles. The number of hydroxylamine groups is 1. The van der Waals surface area contributed by atoms with Crippen LogP contribution in [-0.2, 0) is 19.5 Å². The number of oxime groups is 1. The van der Waals surface area contributed by atoms with Gasteiger partial charge in [-0.15, -0.1) is 0 Å². The van der Waals surface area contributed by atoms with E-state index in [4.69, 9.17) is 10.0 Å². The average Bonchev–Trinajstić information content (AvgIpc) is 3.20. The first kappa shape index (κ1) is 22.9. The third-order valence-electron chi connectivity index (χ3n) is 5.69. The van der Waals surface area contributed by atoms with E-state index in [0.717, 1.165) is 28.5 Å². The molecule has 1 amide bonds. The van der Waals surface area contributed by atoms with Crippen molar-refractivity contribution in [3.8, 4) is 11.1 Å². The highest BCUT2D eigenvalue weighted by atomic mass is 32.2. The van der Waals surface area contributed by atoms with Crippen molar-refractivity contribution in [1.29, 1.82) is 0 Å². The van der Waals surface area contributed by atoms with Crippen LogP contribution in [0.4, 0.5) is 0 Å². The Balaban J connectivity index is 1.70. The van der Waals surface area contributed by atoms with E-state index in [-0.39, 0.29) is 6.42 Å². The lowest BCUT2D eigenvalue weighted by Gasteiger charge is -2.26. The van der Waals surface area contributed by atoms with Gasteiger partial charge in [0.1, 0.15) is 6.10 Å². The molecule has 1 heterocycles. The highest BCUT2D eigenvalue weighted by Gasteiger charge is 2.47. The summed E-state index contributed by atoms with van der Waals surface area (Å²) < 4.78 is 22.5. The highest BCUT2D eigenvalue weighted by Crippen LogP contribution is 2.30. The van der Waals surface area contributed by atoms with Gasteiger partial charge < -0.3 is 9.94 Å². The normalized spacial score (nSPS) is 19.1. The number of carbonyl (C=O) groups excluding carboxylic acids is 1. The van der Waals surface area contributed by atoms with Crippen molar-refractivity contribution in [1.82, 2.24) is 5.48 Å². The minimum atomic E-state index is -3.81. The summed E-state index contributed by atoms with van der Waals surface area (Å²) >= 11 is 0. The van der Waals surface area contributed by atoms with Crippen molar-refractivity contribution in [3.05, 3.63) is 59.7 Å². The number of aliphatic hydroxyl groups is 1. The Morgan fingerprint density at radius 1 is 1.16 bits per heavy atom. The molecule has 0 saturated carbocycles. The number of carbonyl (C=O) groups is 1. The summed E-state index contributed by atoms with van der Waals surface area (Å²) in [5.41, 5.74) is 5.78. The lowest BCUT2D eigenvalue weighted by Crippen LogP contribution is -2.51. The van der Waals surface area contributed by atoms with Crippen molar-refractivity contribution >= 4 is 21.5 Å². The van der Waals surface area contributed by atoms with Crippen LogP contribution < -0.4 is 5.48 Å². The highest BCUT2D eigenvalue weighted by molar-refractivity contribution is 7.92. The van der Waals surface area contributed by atoms with Crippen LogP contribution in [0.3, 0.4) is 0 Å². The number of hydrogen-bond acceptors (Lipinski definition) is 7. The molecule has 0 radical (unpaired) electrons. The van der Waals surface area contributed by atoms with Gasteiger partial charge >= 0.3 is 0 Å². The van der Waals surface area contributed by atoms with E-state index in [1.807, 2.05) is 48.5 Å². The second kappa shape index (κ2) is 8.78. The summed E-state index contributed by atoms with van der Waals surface area (Å²) in [6.07, 6.45) is 0.0221. The Kier molecular flexibility index (Phi) is 6.49. The molecule has 31 heavy (non-hydrogen) atoms. The summed E-state index contributed by atoms with van der Waals surface area (Å²) in [5, 5.41) is 22.7. The monoisotopic (exact) mass is 446 g/mol. The molecule has 2 aromatic rings. The van der Waals surface area contributed by atoms with E-state index in [9.17, 15) is 18.3 Å². The number of aliphatic hydroxyl groups excluding tert-OH is 1. The van der Waals surface area contributed by atoms with Crippen LogP contribution >= 0.6 is 0 Å². The Labute approximate surface area is 181 Å². The van der Waals surface area contributed by atoms with Crippen LogP contribution in [-0.4, -0.2) is 47.5 Å². The van der Waals surface area contributed by atoms with Gasteiger partial charge in [-0.3, -0.25) is 10.0 Å². The van der Waals surface area contributed by atoms with Crippen LogP contribution in [0.5, 0.6) is 0 Å². The number of sulfone groups is 1. The van der Waals surface area contributed by atoms with Crippen LogP contribution in [0.1, 0.15) is 43.9 Å². The Morgan fingerprint density at radius 3 is 2.16 bits per heavy atom. The smallest absolute Gasteiger partial charge is 0.264 e. The third kappa shape index (κ3) is 4.79. The minimum absolute atomic E-state index is 0.140. The summed E-state index contributed by atoms with van der Waals surface area (Å²) in [4.78, 5) is 17.4. The van der Waals surface area contributed by atoms with Crippen LogP contribution in [0.15, 0.2) is 53.7 Å². The molecule has 1 aliphatic rings. The predicted octanol–water partition coefficient (Wildman–Crippen LogP) is 2.60. The topological polar surface area (TPSA) is 125 Å². The standard InChI is InChI=1S/C22H26N2O6S/c1-14(25)15-4-6-16(7-5-15)17-8-10-18(11-9-17)20-12-19(30-24-20)13-22(2,21(26)23-27)31(3,28)29/h4-11,14,19,25,27H,12-13H2,1-3H3,(H,23,26)/t14?,19-,22-/m1/s1. The maximum absolute atomic E-state index is 12.1. The first-order chi connectivity index (χ1) is 14.5. The zero-order valence-electron chi connectivity index (χ0n) is 17.6. The molecule has 166 valence electrons. The second-order valence-corrected chi connectivity index (χ2v) is 10.4. The third-order valence-corrected chi connectivity index (χ3v) is 7.68. The van der Waals surface area contributed by atoms with Crippen molar-refractivity contribution < 1.29 is 28.4 Å². The number of hydrogen-bond donors (Lipinski definition) is 3. The molecule has 0 aromatic heterocycles. The summed E-state index contributed by atoms with van der Waals surface area (Å²) in [6.45, 7) is 2.98. The van der Waals surface area contributed by atoms with E-state index in [0.29, 0.717) is 12.1 Å². The number of amides is 1. The molecule has 0 fully saturated rings. The van der Waals surface area contributed by atoms with Gasteiger partial charge in [-0.1, -0.05) is 53.7 Å². The fourth-order valence-electron chi connectivity index (χ4n) is 3.48. The number of nitrogens with one attached hydrogen (secondary N) is 1. The molecule has 1 unspecified atom stereocenters. The minimum Gasteiger partial charge on any atom is -0.392 e. The number of benzene rings is 2. The lowest BCUT2D eigenvalue weighted by molar-refractivity contribution is -0.132. The molecule has 3 rings (SSSR count). The molecule has 0 spiro atoms. The molecule has 9 heteroatoms. The van der Waals surface area contributed by atoms with Crippen molar-refractivity contribution in [2.75, 3.05) is 6.26 Å². The predicted molar refractivity (Wildman–Crippen MR) is 116 cm³/mol. The SMILES string of the molecule is CC(O)c1ccc(-c2ccc(C3=NO[C@@H](C[C@](C)(C(=O)NO)S(C)(=O)=O)C3)cc2)cc1. The first-order valence-electron chi connectivity index (χ1n) is 9.81. The van der Waals surface area contributed by atoms with Crippen LogP contribution in [0, 0.1) is 0 Å². The molecule has 3 atom stereocenters. The van der Waals surface area contributed by atoms with Gasteiger partial charge in [0, 0.05) is 19.1 Å². The van der Waals surface area contributed by atoms with E-state index in [1.165, 1.54) is 12.4 Å². The van der Waals surface area contributed by atoms with Gasteiger partial charge in [0.25, 0.3) is 5.91 Å². The number of rotatable bonds is 7. The quantitative estimate of drug-likeness (QED) is 0.443. The molecule has 1 aliphatic heterocycles. The molecular formula is C22H26N2O6S. The zero-order valence-corrected chi connectivity index (χ0v) is 18.4. The van der Waals surface area contributed by atoms with Crippen molar-refractivity contribution in [2.24, 2.45) is 5.16 Å². The molecule has 2 aromatic carbocycles. The maximum Gasteiger partial charge on any atom is 0.264 e. The fourth-order valence-corrected chi connectivity index (χ4v) is 4.35. The summed E-state index contributed by atoms with van der Waals surface area (Å²) in [5.74, 6) is -1.00. The van der Waals surface area contributed by atoms with Gasteiger partial charge in [-0.2, -0.15) is 0 Å². The average molecular weight is 447 g/mol. The second-order valence-electron chi connectivity index (χ2n) is 7.99. The molecule has 8 nitrogen and oxygen atoms in total. The Morgan fingerprint density at radius 2 is 1.68 bits per heavy atom. The van der Waals surface area contributed by atoms with Gasteiger partial charge in [-0.25, -0.2) is 13.9 Å². The molecule has 0 saturated heterocycles. The maximum atomic E-state index is 12.1. The lowest BCUT2D eigenvalue weighted by atomic mass is 9.95. The van der Waals surface area contributed by atoms with Gasteiger partial charge in [0.2, 0.25) is 0 Å². The van der Waals surface area contributed by atoms with E-state index in [1.54, 1.807) is 6.92 Å². The largest absolute Gasteiger partial charge is 0.392 e. The van der Waals surface area contributed by atoms with Crippen molar-refractivity contribution in [2.45, 2.75) is 43.6 Å². The molecule has 3 N–H and O–H groups in total. The van der Waals surface area contributed by atoms with Crippen LogP contribution in [0.25, 0.3) is 11.1 Å². The summed E-state index contributed by atoms with van der Waals surface area (Å²) in [6, 6.07) is 15.4. The van der Waals surface area contributed by atoms with E-state index < -0.39 is 32.7 Å². The number of nitrogens with zero attached hydrogens (tertiary/aromatic N) is 1. The molecular weight excluding hydrogens is 420 g/mol. The fraction of sp³-hybridized carbons (Fsp3) is 0.364. The van der Waals surface area contributed by atoms with Gasteiger partial charge in [0.05, 0.1) is 11.8 Å². The van der Waals surface area contributed by atoms with Gasteiger partial charge in [-0.05, 0) is 36.1 Å².